The second-order valence-corrected chi connectivity index (χ2v) is 6.22. The third-order valence-electron chi connectivity index (χ3n) is 4.54. The third kappa shape index (κ3) is 3.06. The topological polar surface area (TPSA) is 38.1 Å². The van der Waals surface area contributed by atoms with Crippen molar-refractivity contribution in [2.45, 2.75) is 45.1 Å². The van der Waals surface area contributed by atoms with Crippen LogP contribution in [0.5, 0.6) is 0 Å². The lowest BCUT2D eigenvalue weighted by Crippen LogP contribution is -2.40. The van der Waals surface area contributed by atoms with Crippen molar-refractivity contribution in [3.63, 3.8) is 0 Å². The lowest BCUT2D eigenvalue weighted by atomic mass is 9.95. The molecule has 0 saturated heterocycles. The van der Waals surface area contributed by atoms with Crippen molar-refractivity contribution < 1.29 is 4.79 Å². The van der Waals surface area contributed by atoms with Crippen molar-refractivity contribution in [2.24, 2.45) is 0 Å². The highest BCUT2D eigenvalue weighted by Gasteiger charge is 2.23. The van der Waals surface area contributed by atoms with E-state index >= 15 is 0 Å². The van der Waals surface area contributed by atoms with Gasteiger partial charge in [-0.15, -0.1) is 0 Å². The first-order chi connectivity index (χ1) is 10.6. The minimum Gasteiger partial charge on any atom is -0.324 e. The fourth-order valence-corrected chi connectivity index (χ4v) is 3.19. The van der Waals surface area contributed by atoms with Crippen molar-refractivity contribution >= 4 is 6.03 Å². The third-order valence-corrected chi connectivity index (χ3v) is 4.54. The van der Waals surface area contributed by atoms with Gasteiger partial charge in [0, 0.05) is 24.8 Å². The molecule has 2 aromatic rings. The molecule has 0 unspecified atom stereocenters. The predicted molar refractivity (Wildman–Crippen MR) is 87.8 cm³/mol. The first-order valence-electron chi connectivity index (χ1n) is 8.03. The Morgan fingerprint density at radius 2 is 2.05 bits per heavy atom. The summed E-state index contributed by atoms with van der Waals surface area (Å²) >= 11 is 0. The summed E-state index contributed by atoms with van der Waals surface area (Å²) in [4.78, 5) is 18.9. The molecule has 1 fully saturated rings. The van der Waals surface area contributed by atoms with Gasteiger partial charge in [0.1, 0.15) is 6.33 Å². The SMILES string of the molecule is Cc1cccc(-c2cn(C(=O)N(C)C3CCCCC3)cn2)c1. The van der Waals surface area contributed by atoms with E-state index in [2.05, 4.69) is 24.0 Å². The molecule has 0 aliphatic heterocycles. The van der Waals surface area contributed by atoms with Crippen LogP contribution in [-0.2, 0) is 0 Å². The van der Waals surface area contributed by atoms with Gasteiger partial charge in [0.15, 0.2) is 0 Å². The molecule has 3 rings (SSSR count). The highest BCUT2D eigenvalue weighted by molar-refractivity contribution is 5.78. The maximum Gasteiger partial charge on any atom is 0.329 e. The van der Waals surface area contributed by atoms with Crippen molar-refractivity contribution in [3.8, 4) is 11.3 Å². The molecule has 116 valence electrons. The molecule has 1 aliphatic carbocycles. The Morgan fingerprint density at radius 1 is 1.27 bits per heavy atom. The van der Waals surface area contributed by atoms with E-state index < -0.39 is 0 Å². The number of carbonyl (C=O) groups excluding carboxylic acids is 1. The quantitative estimate of drug-likeness (QED) is 0.837. The van der Waals surface area contributed by atoms with Gasteiger partial charge in [-0.2, -0.15) is 0 Å². The van der Waals surface area contributed by atoms with Crippen LogP contribution >= 0.6 is 0 Å². The smallest absolute Gasteiger partial charge is 0.324 e. The van der Waals surface area contributed by atoms with Crippen LogP contribution in [0.1, 0.15) is 37.7 Å². The van der Waals surface area contributed by atoms with Crippen molar-refractivity contribution in [3.05, 3.63) is 42.4 Å². The van der Waals surface area contributed by atoms with E-state index in [9.17, 15) is 4.79 Å². The molecule has 4 heteroatoms. The van der Waals surface area contributed by atoms with E-state index in [4.69, 9.17) is 0 Å². The normalized spacial score (nSPS) is 15.7. The van der Waals surface area contributed by atoms with Crippen LogP contribution in [0.3, 0.4) is 0 Å². The van der Waals surface area contributed by atoms with Gasteiger partial charge in [0.05, 0.1) is 5.69 Å². The molecular weight excluding hydrogens is 274 g/mol. The van der Waals surface area contributed by atoms with Gasteiger partial charge >= 0.3 is 6.03 Å². The van der Waals surface area contributed by atoms with Crippen LogP contribution < -0.4 is 0 Å². The number of benzene rings is 1. The van der Waals surface area contributed by atoms with Gasteiger partial charge in [-0.3, -0.25) is 4.57 Å². The van der Waals surface area contributed by atoms with Crippen LogP contribution in [-0.4, -0.2) is 33.6 Å². The van der Waals surface area contributed by atoms with Gasteiger partial charge in [-0.25, -0.2) is 9.78 Å². The lowest BCUT2D eigenvalue weighted by Gasteiger charge is -2.31. The highest BCUT2D eigenvalue weighted by atomic mass is 16.2. The maximum atomic E-state index is 12.6. The van der Waals surface area contributed by atoms with E-state index in [1.54, 1.807) is 10.9 Å². The van der Waals surface area contributed by atoms with Gasteiger partial charge in [-0.05, 0) is 25.8 Å². The zero-order chi connectivity index (χ0) is 15.5. The van der Waals surface area contributed by atoms with E-state index in [-0.39, 0.29) is 6.03 Å². The number of carbonyl (C=O) groups is 1. The molecule has 1 aromatic carbocycles. The summed E-state index contributed by atoms with van der Waals surface area (Å²) in [7, 11) is 1.91. The predicted octanol–water partition coefficient (Wildman–Crippen LogP) is 4.09. The Hall–Kier alpha value is -2.10. The molecule has 0 atom stereocenters. The van der Waals surface area contributed by atoms with Crippen LogP contribution in [0.25, 0.3) is 11.3 Å². The molecule has 1 heterocycles. The van der Waals surface area contributed by atoms with E-state index in [1.165, 1.54) is 24.8 Å². The van der Waals surface area contributed by atoms with Crippen LogP contribution in [0, 0.1) is 6.92 Å². The average Bonchev–Trinajstić information content (AvgIpc) is 3.04. The fraction of sp³-hybridized carbons (Fsp3) is 0.444. The first-order valence-corrected chi connectivity index (χ1v) is 8.03. The zero-order valence-electron chi connectivity index (χ0n) is 13.3. The van der Waals surface area contributed by atoms with Crippen LogP contribution in [0.4, 0.5) is 4.79 Å². The standard InChI is InChI=1S/C18H23N3O/c1-14-7-6-8-15(11-14)17-12-21(13-19-17)18(22)20(2)16-9-4-3-5-10-16/h6-8,11-13,16H,3-5,9-10H2,1-2H3. The second-order valence-electron chi connectivity index (χ2n) is 6.22. The Labute approximate surface area is 131 Å². The molecule has 1 aliphatic rings. The molecule has 1 aromatic heterocycles. The summed E-state index contributed by atoms with van der Waals surface area (Å²) in [6, 6.07) is 8.56. The van der Waals surface area contributed by atoms with Gasteiger partial charge < -0.3 is 4.90 Å². The van der Waals surface area contributed by atoms with Crippen molar-refractivity contribution in [1.82, 2.24) is 14.5 Å². The van der Waals surface area contributed by atoms with E-state index in [0.717, 1.165) is 24.1 Å². The van der Waals surface area contributed by atoms with Gasteiger partial charge in [0.2, 0.25) is 0 Å². The Bertz CT molecular complexity index is 656. The van der Waals surface area contributed by atoms with E-state index in [0.29, 0.717) is 6.04 Å². The van der Waals surface area contributed by atoms with Crippen LogP contribution in [0.15, 0.2) is 36.8 Å². The molecule has 0 bridgehead atoms. The number of aromatic nitrogens is 2. The number of rotatable bonds is 2. The Morgan fingerprint density at radius 3 is 2.77 bits per heavy atom. The molecule has 0 spiro atoms. The summed E-state index contributed by atoms with van der Waals surface area (Å²) < 4.78 is 1.60. The number of imidazole rings is 1. The average molecular weight is 297 g/mol. The zero-order valence-corrected chi connectivity index (χ0v) is 13.3. The molecule has 1 amide bonds. The minimum absolute atomic E-state index is 0.0123. The molecular formula is C18H23N3O. The van der Waals surface area contributed by atoms with Crippen molar-refractivity contribution in [1.29, 1.82) is 0 Å². The number of aryl methyl sites for hydroxylation is 1. The van der Waals surface area contributed by atoms with Crippen molar-refractivity contribution in [2.75, 3.05) is 7.05 Å². The molecule has 0 N–H and O–H groups in total. The summed E-state index contributed by atoms with van der Waals surface area (Å²) in [5.41, 5.74) is 3.08. The highest BCUT2D eigenvalue weighted by Crippen LogP contribution is 2.23. The molecule has 0 radical (unpaired) electrons. The summed E-state index contributed by atoms with van der Waals surface area (Å²) in [6.45, 7) is 2.06. The summed E-state index contributed by atoms with van der Waals surface area (Å²) in [6.07, 6.45) is 9.42. The lowest BCUT2D eigenvalue weighted by molar-refractivity contribution is 0.175. The number of amides is 1. The molecule has 1 saturated carbocycles. The Balaban J connectivity index is 1.76. The maximum absolute atomic E-state index is 12.6. The first kappa shape index (κ1) is 14.8. The largest absolute Gasteiger partial charge is 0.329 e. The van der Waals surface area contributed by atoms with E-state index in [1.807, 2.05) is 30.3 Å². The monoisotopic (exact) mass is 297 g/mol. The Kier molecular flexibility index (Phi) is 4.27. The molecule has 22 heavy (non-hydrogen) atoms. The minimum atomic E-state index is 0.0123. The van der Waals surface area contributed by atoms with Gasteiger partial charge in [0.25, 0.3) is 0 Å². The number of hydrogen-bond donors (Lipinski definition) is 0. The second kappa shape index (κ2) is 6.34. The number of hydrogen-bond acceptors (Lipinski definition) is 2. The number of nitrogens with zero attached hydrogens (tertiary/aromatic N) is 3. The summed E-state index contributed by atoms with van der Waals surface area (Å²) in [5.74, 6) is 0. The molecule has 4 nitrogen and oxygen atoms in total. The van der Waals surface area contributed by atoms with Gasteiger partial charge in [-0.1, -0.05) is 43.0 Å². The van der Waals surface area contributed by atoms with Crippen LogP contribution in [0.2, 0.25) is 0 Å². The summed E-state index contributed by atoms with van der Waals surface area (Å²) in [5, 5.41) is 0. The fourth-order valence-electron chi connectivity index (χ4n) is 3.19.